The van der Waals surface area contributed by atoms with Crippen molar-refractivity contribution in [2.24, 2.45) is 0 Å². The van der Waals surface area contributed by atoms with Crippen LogP contribution in [0.3, 0.4) is 0 Å². The molecule has 0 atom stereocenters. The highest BCUT2D eigenvalue weighted by molar-refractivity contribution is 6.00. The van der Waals surface area contributed by atoms with E-state index in [-0.39, 0.29) is 28.2 Å². The number of carbonyl (C=O) groups excluding carboxylic acids is 1. The van der Waals surface area contributed by atoms with E-state index in [9.17, 15) is 18.0 Å². The number of halogens is 4. The van der Waals surface area contributed by atoms with Gasteiger partial charge in [0.25, 0.3) is 0 Å². The number of amides is 1. The summed E-state index contributed by atoms with van der Waals surface area (Å²) in [6.45, 7) is 5.60. The third-order valence-electron chi connectivity index (χ3n) is 6.05. The van der Waals surface area contributed by atoms with Gasteiger partial charge < -0.3 is 19.5 Å². The van der Waals surface area contributed by atoms with Gasteiger partial charge in [0.1, 0.15) is 6.33 Å². The molecule has 0 radical (unpaired) electrons. The summed E-state index contributed by atoms with van der Waals surface area (Å²) in [5, 5.41) is 3.09. The predicted octanol–water partition coefficient (Wildman–Crippen LogP) is 7.97. The fourth-order valence-electron chi connectivity index (χ4n) is 4.17. The molecule has 8 nitrogen and oxygen atoms in total. The molecule has 41 heavy (non-hydrogen) atoms. The average Bonchev–Trinajstić information content (AvgIpc) is 3.31. The van der Waals surface area contributed by atoms with Crippen LogP contribution < -0.4 is 19.5 Å². The van der Waals surface area contributed by atoms with E-state index in [0.29, 0.717) is 28.1 Å². The number of rotatable bonds is 5. The summed E-state index contributed by atoms with van der Waals surface area (Å²) < 4.78 is 71.7. The van der Waals surface area contributed by atoms with Crippen molar-refractivity contribution in [3.8, 4) is 23.1 Å². The lowest BCUT2D eigenvalue weighted by molar-refractivity contribution is -0.137. The normalized spacial score (nSPS) is 11.1. The van der Waals surface area contributed by atoms with Gasteiger partial charge in [0.05, 0.1) is 36.2 Å². The van der Waals surface area contributed by atoms with E-state index in [1.807, 2.05) is 13.8 Å². The van der Waals surface area contributed by atoms with Gasteiger partial charge in [-0.05, 0) is 55.5 Å². The second kappa shape index (κ2) is 11.7. The average molecular weight is 571 g/mol. The molecule has 2 aromatic heterocycles. The molecular weight excluding hydrogens is 544 g/mol. The lowest BCUT2D eigenvalue weighted by Gasteiger charge is -2.13. The van der Waals surface area contributed by atoms with E-state index in [2.05, 4.69) is 15.3 Å². The molecule has 1 N–H and O–H groups in total. The monoisotopic (exact) mass is 570 g/mol. The fraction of sp³-hybridized carbons (Fsp3) is 0.207. The van der Waals surface area contributed by atoms with Crippen molar-refractivity contribution in [3.05, 3.63) is 78.0 Å². The zero-order valence-electron chi connectivity index (χ0n) is 22.8. The van der Waals surface area contributed by atoms with E-state index >= 15 is 4.39 Å². The first-order valence-electron chi connectivity index (χ1n) is 12.4. The maximum Gasteiger partial charge on any atom is 0.416 e. The van der Waals surface area contributed by atoms with Gasteiger partial charge in [-0.3, -0.25) is 4.57 Å². The molecule has 3 aromatic carbocycles. The second-order valence-electron chi connectivity index (χ2n) is 8.44. The smallest absolute Gasteiger partial charge is 0.416 e. The van der Waals surface area contributed by atoms with Crippen molar-refractivity contribution in [1.29, 1.82) is 0 Å². The van der Waals surface area contributed by atoms with Crippen molar-refractivity contribution in [2.75, 3.05) is 19.5 Å². The quantitative estimate of drug-likeness (QED) is 0.216. The number of hydrogen-bond acceptors (Lipinski definition) is 6. The second-order valence-corrected chi connectivity index (χ2v) is 8.44. The minimum Gasteiger partial charge on any atom is -0.493 e. The van der Waals surface area contributed by atoms with Crippen LogP contribution in [0.15, 0.2) is 60.9 Å². The van der Waals surface area contributed by atoms with Crippen LogP contribution in [0.2, 0.25) is 0 Å². The van der Waals surface area contributed by atoms with Crippen LogP contribution in [0.1, 0.15) is 25.1 Å². The SMILES string of the molecule is CC.COc1cc2ncnc(Oc3ccc4c(cc(C)n4C(=O)Nc4ccc(C(F)(F)F)cc4)c3F)c2cc1OC. The molecule has 5 aromatic rings. The molecule has 0 saturated heterocycles. The molecular formula is C29H26F4N4O4. The molecule has 1 amide bonds. The van der Waals surface area contributed by atoms with Gasteiger partial charge in [-0.15, -0.1) is 0 Å². The van der Waals surface area contributed by atoms with Gasteiger partial charge >= 0.3 is 12.2 Å². The maximum absolute atomic E-state index is 15.6. The highest BCUT2D eigenvalue weighted by atomic mass is 19.4. The number of aryl methyl sites for hydroxylation is 1. The van der Waals surface area contributed by atoms with Gasteiger partial charge in [0, 0.05) is 22.8 Å². The standard InChI is InChI=1S/C27H20F4N4O4.C2H6/c1-14-10-18-20(35(14)26(36)34-16-6-4-15(5-7-16)27(29,30)31)8-9-21(24(18)28)39-25-17-11-22(37-2)23(38-3)12-19(17)32-13-33-25;1-2/h4-13H,1-3H3,(H,34,36);1-2H3. The zero-order chi connectivity index (χ0) is 29.9. The lowest BCUT2D eigenvalue weighted by atomic mass is 10.2. The van der Waals surface area contributed by atoms with Crippen molar-refractivity contribution in [3.63, 3.8) is 0 Å². The molecule has 0 aliphatic carbocycles. The number of alkyl halides is 3. The van der Waals surface area contributed by atoms with Crippen LogP contribution >= 0.6 is 0 Å². The van der Waals surface area contributed by atoms with Gasteiger partial charge in [0.2, 0.25) is 5.88 Å². The van der Waals surface area contributed by atoms with Crippen molar-refractivity contribution < 1.29 is 36.6 Å². The van der Waals surface area contributed by atoms with Crippen LogP contribution in [0, 0.1) is 12.7 Å². The largest absolute Gasteiger partial charge is 0.493 e. The van der Waals surface area contributed by atoms with Crippen molar-refractivity contribution in [1.82, 2.24) is 14.5 Å². The van der Waals surface area contributed by atoms with Gasteiger partial charge in [-0.25, -0.2) is 19.2 Å². The summed E-state index contributed by atoms with van der Waals surface area (Å²) in [5.74, 6) is 0.0675. The van der Waals surface area contributed by atoms with Crippen molar-refractivity contribution in [2.45, 2.75) is 26.9 Å². The molecule has 5 rings (SSSR count). The molecule has 0 saturated carbocycles. The Bertz CT molecular complexity index is 1720. The number of benzene rings is 3. The maximum atomic E-state index is 15.6. The number of nitrogens with one attached hydrogen (secondary N) is 1. The number of nitrogens with zero attached hydrogens (tertiary/aromatic N) is 3. The summed E-state index contributed by atoms with van der Waals surface area (Å²) >= 11 is 0. The van der Waals surface area contributed by atoms with Crippen LogP contribution in [0.25, 0.3) is 21.8 Å². The van der Waals surface area contributed by atoms with E-state index in [1.54, 1.807) is 19.1 Å². The molecule has 0 bridgehead atoms. The van der Waals surface area contributed by atoms with Crippen LogP contribution in [0.4, 0.5) is 28.0 Å². The number of methoxy groups -OCH3 is 2. The molecule has 0 aliphatic heterocycles. The number of aromatic nitrogens is 3. The first-order valence-corrected chi connectivity index (χ1v) is 12.4. The summed E-state index contributed by atoms with van der Waals surface area (Å²) in [5.41, 5.74) is 0.431. The topological polar surface area (TPSA) is 87.5 Å². The Morgan fingerprint density at radius 1 is 0.878 bits per heavy atom. The minimum absolute atomic E-state index is 0.0791. The number of carbonyl (C=O) groups is 1. The summed E-state index contributed by atoms with van der Waals surface area (Å²) in [7, 11) is 2.97. The van der Waals surface area contributed by atoms with E-state index in [0.717, 1.165) is 24.3 Å². The number of anilines is 1. The third kappa shape index (κ3) is 5.72. The van der Waals surface area contributed by atoms with Gasteiger partial charge in [-0.1, -0.05) is 13.8 Å². The number of ether oxygens (including phenoxy) is 3. The number of fused-ring (bicyclic) bond motifs is 2. The summed E-state index contributed by atoms with van der Waals surface area (Å²) in [6, 6.07) is 10.9. The van der Waals surface area contributed by atoms with Crippen LogP contribution in [0.5, 0.6) is 23.1 Å². The molecule has 2 heterocycles. The molecule has 0 aliphatic rings. The highest BCUT2D eigenvalue weighted by Gasteiger charge is 2.30. The predicted molar refractivity (Wildman–Crippen MR) is 147 cm³/mol. The Morgan fingerprint density at radius 2 is 1.54 bits per heavy atom. The lowest BCUT2D eigenvalue weighted by Crippen LogP contribution is -2.20. The van der Waals surface area contributed by atoms with E-state index in [1.165, 1.54) is 43.3 Å². The molecule has 0 spiro atoms. The van der Waals surface area contributed by atoms with Crippen molar-refractivity contribution >= 4 is 33.5 Å². The number of hydrogen-bond donors (Lipinski definition) is 1. The first-order chi connectivity index (χ1) is 19.6. The molecule has 12 heteroatoms. The van der Waals surface area contributed by atoms with Crippen LogP contribution in [-0.2, 0) is 6.18 Å². The first kappa shape index (κ1) is 29.1. The van der Waals surface area contributed by atoms with Crippen LogP contribution in [-0.4, -0.2) is 34.8 Å². The fourth-order valence-corrected chi connectivity index (χ4v) is 4.17. The third-order valence-corrected chi connectivity index (χ3v) is 6.05. The highest BCUT2D eigenvalue weighted by Crippen LogP contribution is 2.38. The van der Waals surface area contributed by atoms with Gasteiger partial charge in [0.15, 0.2) is 23.1 Å². The Kier molecular flexibility index (Phi) is 8.31. The van der Waals surface area contributed by atoms with E-state index < -0.39 is 23.6 Å². The molecule has 0 fully saturated rings. The Balaban J connectivity index is 0.00000189. The Hall–Kier alpha value is -4.87. The Morgan fingerprint density at radius 3 is 2.17 bits per heavy atom. The van der Waals surface area contributed by atoms with E-state index in [4.69, 9.17) is 14.2 Å². The minimum atomic E-state index is -4.50. The molecule has 0 unspecified atom stereocenters. The summed E-state index contributed by atoms with van der Waals surface area (Å²) in [4.78, 5) is 21.3. The molecule has 214 valence electrons. The Labute approximate surface area is 232 Å². The van der Waals surface area contributed by atoms with Gasteiger partial charge in [-0.2, -0.15) is 13.2 Å². The summed E-state index contributed by atoms with van der Waals surface area (Å²) in [6.07, 6.45) is -3.23. The zero-order valence-corrected chi connectivity index (χ0v) is 22.8.